The Labute approximate surface area is 437 Å². The number of rotatable bonds is 28. The van der Waals surface area contributed by atoms with Crippen molar-refractivity contribution in [1.29, 1.82) is 0 Å². The highest BCUT2D eigenvalue weighted by atomic mass is 32.2. The summed E-state index contributed by atoms with van der Waals surface area (Å²) in [5.41, 5.74) is 10.5. The zero-order valence-electron chi connectivity index (χ0n) is 43.8. The largest absolute Gasteiger partial charge is 0.376 e. The molecule has 2 aliphatic heterocycles. The van der Waals surface area contributed by atoms with Gasteiger partial charge in [-0.05, 0) is 135 Å². The molecular formula is C51H82N14O5S2. The Hall–Kier alpha value is -5.32. The van der Waals surface area contributed by atoms with Crippen molar-refractivity contribution in [2.24, 2.45) is 4.99 Å². The van der Waals surface area contributed by atoms with Gasteiger partial charge in [-0.3, -0.25) is 39.4 Å². The van der Waals surface area contributed by atoms with Crippen LogP contribution in [0, 0.1) is 0 Å². The summed E-state index contributed by atoms with van der Waals surface area (Å²) < 4.78 is 0. The molecule has 0 aromatic heterocycles. The van der Waals surface area contributed by atoms with Gasteiger partial charge in [-0.2, -0.15) is 0 Å². The molecule has 0 bridgehead atoms. The van der Waals surface area contributed by atoms with Gasteiger partial charge >= 0.3 is 0 Å². The van der Waals surface area contributed by atoms with Crippen LogP contribution in [-0.2, 0) is 14.4 Å². The number of thioether (sulfide) groups is 1. The van der Waals surface area contributed by atoms with Gasteiger partial charge in [-0.1, -0.05) is 42.6 Å². The van der Waals surface area contributed by atoms with Crippen LogP contribution in [0.15, 0.2) is 76.8 Å². The summed E-state index contributed by atoms with van der Waals surface area (Å²) in [6.45, 7) is 11.1. The van der Waals surface area contributed by atoms with Crippen LogP contribution in [0.3, 0.4) is 0 Å². The van der Waals surface area contributed by atoms with E-state index in [-0.39, 0.29) is 47.7 Å². The second kappa shape index (κ2) is 31.3. The number of hydrazine groups is 2. The van der Waals surface area contributed by atoms with E-state index in [1.807, 2.05) is 78.1 Å². The van der Waals surface area contributed by atoms with E-state index < -0.39 is 18.1 Å². The maximum absolute atomic E-state index is 14.4. The van der Waals surface area contributed by atoms with Gasteiger partial charge in [0.1, 0.15) is 12.1 Å². The molecule has 2 aromatic carbocycles. The number of unbranched alkanes of at least 4 members (excludes halogenated alkanes) is 2. The number of likely N-dealkylation sites (tertiary alicyclic amines) is 2. The monoisotopic (exact) mass is 1030 g/mol. The van der Waals surface area contributed by atoms with Gasteiger partial charge in [0.25, 0.3) is 11.8 Å². The lowest BCUT2D eigenvalue weighted by molar-refractivity contribution is -0.137. The van der Waals surface area contributed by atoms with Crippen molar-refractivity contribution in [3.8, 4) is 0 Å². The molecular weight excluding hydrogens is 953 g/mol. The van der Waals surface area contributed by atoms with Gasteiger partial charge in [0.05, 0.1) is 18.6 Å². The number of nitrogens with zero attached hydrogens (tertiary/aromatic N) is 5. The van der Waals surface area contributed by atoms with E-state index in [1.54, 1.807) is 64.1 Å². The van der Waals surface area contributed by atoms with Crippen LogP contribution in [0.4, 0.5) is 0 Å². The minimum atomic E-state index is -0.719. The second-order valence-electron chi connectivity index (χ2n) is 18.4. The van der Waals surface area contributed by atoms with Gasteiger partial charge in [-0.15, -0.1) is 0 Å². The standard InChI is InChI=1S/C51H82N14O5S2/c1-35(52-4)36(2)59-43(48(69)64-31-19-23-41(64)34-65(56-8)51(54-6)72-42-24-11-10-12-25-42)26-13-15-28-57-46(67)38-20-17-21-39(32-38)47(68)58-29-16-14-27-44(60-45(66)37(3)53-5)49(70)63-30-18-22-40(63)33-62(9)50(71)61-55-7/h10-12,17,20-21,24-25,32,35,37,40-41,43-44,52-53,55-56,59H,2,13-16,18-19,22-23,26-31,33-34H2,1,3-9H3,(H,57,67)(H,58,68)(H,60,66)(H,61,71)/t35-,37-,40-,41-,43-,44-/m0/s1. The first-order chi connectivity index (χ1) is 34.6. The molecule has 2 aromatic rings. The average Bonchev–Trinajstić information content (AvgIpc) is 4.07. The number of thiocarbonyl (C=S) groups is 1. The van der Waals surface area contributed by atoms with Gasteiger partial charge in [0, 0.05) is 94.7 Å². The summed E-state index contributed by atoms with van der Waals surface area (Å²) in [7, 11) is 10.8. The Morgan fingerprint density at radius 1 is 0.764 bits per heavy atom. The third kappa shape index (κ3) is 18.3. The van der Waals surface area contributed by atoms with Crippen molar-refractivity contribution in [3.05, 3.63) is 78.0 Å². The first-order valence-electron chi connectivity index (χ1n) is 25.4. The molecule has 0 aliphatic carbocycles. The summed E-state index contributed by atoms with van der Waals surface area (Å²) >= 11 is 7.00. The van der Waals surface area contributed by atoms with Crippen LogP contribution in [-0.4, -0.2) is 177 Å². The molecule has 2 heterocycles. The predicted molar refractivity (Wildman–Crippen MR) is 292 cm³/mol. The quantitative estimate of drug-likeness (QED) is 0.0150. The van der Waals surface area contributed by atoms with Crippen LogP contribution in [0.5, 0.6) is 0 Å². The van der Waals surface area contributed by atoms with Gasteiger partial charge in [-0.25, -0.2) is 10.9 Å². The zero-order valence-corrected chi connectivity index (χ0v) is 45.4. The van der Waals surface area contributed by atoms with Gasteiger partial charge in [0.15, 0.2) is 10.3 Å². The maximum atomic E-state index is 14.4. The Morgan fingerprint density at radius 2 is 1.31 bits per heavy atom. The number of carbonyl (C=O) groups excluding carboxylic acids is 5. The van der Waals surface area contributed by atoms with E-state index in [1.165, 1.54) is 0 Å². The van der Waals surface area contributed by atoms with Crippen molar-refractivity contribution < 1.29 is 24.0 Å². The van der Waals surface area contributed by atoms with Crippen LogP contribution >= 0.6 is 24.0 Å². The molecule has 9 N–H and O–H groups in total. The molecule has 6 atom stereocenters. The molecule has 2 fully saturated rings. The van der Waals surface area contributed by atoms with Crippen molar-refractivity contribution in [1.82, 2.24) is 67.9 Å². The lowest BCUT2D eigenvalue weighted by atomic mass is 10.1. The summed E-state index contributed by atoms with van der Waals surface area (Å²) in [6.07, 6.45) is 6.89. The normalized spacial score (nSPS) is 17.3. The number of hydrogen-bond donors (Lipinski definition) is 9. The Morgan fingerprint density at radius 3 is 1.82 bits per heavy atom. The first kappa shape index (κ1) is 59.2. The Bertz CT molecular complexity index is 2120. The first-order valence-corrected chi connectivity index (χ1v) is 26.6. The molecule has 2 saturated heterocycles. The molecule has 0 unspecified atom stereocenters. The molecule has 398 valence electrons. The summed E-state index contributed by atoms with van der Waals surface area (Å²) in [5.74, 6) is -0.965. The van der Waals surface area contributed by atoms with Gasteiger partial charge in [0.2, 0.25) is 17.7 Å². The number of benzene rings is 2. The second-order valence-corrected chi connectivity index (χ2v) is 19.8. The Kier molecular flexibility index (Phi) is 25.8. The minimum Gasteiger partial charge on any atom is -0.376 e. The number of aliphatic imine (C=N–C) groups is 1. The highest BCUT2D eigenvalue weighted by Gasteiger charge is 2.36. The predicted octanol–water partition coefficient (Wildman–Crippen LogP) is 2.80. The highest BCUT2D eigenvalue weighted by Crippen LogP contribution is 2.25. The van der Waals surface area contributed by atoms with Crippen LogP contribution in [0.25, 0.3) is 0 Å². The molecule has 4 rings (SSSR count). The van der Waals surface area contributed by atoms with Crippen molar-refractivity contribution >= 4 is 63.8 Å². The summed E-state index contributed by atoms with van der Waals surface area (Å²) in [5, 5.41) is 21.8. The van der Waals surface area contributed by atoms with Gasteiger partial charge < -0.3 is 46.6 Å². The maximum Gasteiger partial charge on any atom is 0.251 e. The number of nitrogens with one attached hydrogen (secondary N) is 9. The highest BCUT2D eigenvalue weighted by molar-refractivity contribution is 8.13. The molecule has 72 heavy (non-hydrogen) atoms. The van der Waals surface area contributed by atoms with Crippen LogP contribution < -0.4 is 48.2 Å². The van der Waals surface area contributed by atoms with E-state index in [0.717, 1.165) is 41.4 Å². The summed E-state index contributed by atoms with van der Waals surface area (Å²) in [6, 6.07) is 14.9. The third-order valence-electron chi connectivity index (χ3n) is 13.3. The van der Waals surface area contributed by atoms with Crippen molar-refractivity contribution in [3.63, 3.8) is 0 Å². The Balaban J connectivity index is 1.27. The fraction of sp³-hybridized carbons (Fsp3) is 0.588. The number of hydrogen-bond acceptors (Lipinski definition) is 13. The third-order valence-corrected chi connectivity index (χ3v) is 14.8. The van der Waals surface area contributed by atoms with E-state index in [4.69, 9.17) is 12.2 Å². The van der Waals surface area contributed by atoms with Crippen LogP contribution in [0.2, 0.25) is 0 Å². The van der Waals surface area contributed by atoms with E-state index >= 15 is 0 Å². The summed E-state index contributed by atoms with van der Waals surface area (Å²) in [4.78, 5) is 79.3. The van der Waals surface area contributed by atoms with E-state index in [0.29, 0.717) is 94.0 Å². The van der Waals surface area contributed by atoms with Crippen molar-refractivity contribution in [2.45, 2.75) is 119 Å². The van der Waals surface area contributed by atoms with Crippen LogP contribution in [0.1, 0.15) is 98.8 Å². The van der Waals surface area contributed by atoms with Crippen molar-refractivity contribution in [2.75, 3.05) is 81.6 Å². The number of amidine groups is 1. The fourth-order valence-corrected chi connectivity index (χ4v) is 9.79. The zero-order chi connectivity index (χ0) is 52.6. The average molecular weight is 1040 g/mol. The molecule has 21 heteroatoms. The molecule has 0 radical (unpaired) electrons. The number of likely N-dealkylation sites (N-methyl/N-ethyl adjacent to an activating group) is 3. The lowest BCUT2D eigenvalue weighted by Crippen LogP contribution is -2.55. The molecule has 5 amide bonds. The number of carbonyl (C=O) groups is 5. The fourth-order valence-electron chi connectivity index (χ4n) is 8.75. The minimum absolute atomic E-state index is 0.0174. The van der Waals surface area contributed by atoms with E-state index in [2.05, 4.69) is 59.7 Å². The SMILES string of the molecule is C=C(N[C@@H](CCCCNC(=O)c1cccc(C(=O)NCCCC[C@H](NC(=O)[C@H](C)NC)C(=O)N2CCC[C@H]2CN(C)C(=S)NNC)c1)C(=O)N1CCC[C@H]1CN(NC)C(=NC)Sc1ccccc1)[C@H](C)NC. The smallest absolute Gasteiger partial charge is 0.251 e. The van der Waals surface area contributed by atoms with E-state index in [9.17, 15) is 24.0 Å². The molecule has 2 aliphatic rings. The molecule has 0 saturated carbocycles. The molecule has 19 nitrogen and oxygen atoms in total. The lowest BCUT2D eigenvalue weighted by Gasteiger charge is -2.34. The molecule has 0 spiro atoms. The topological polar surface area (TPSA) is 219 Å². The number of amides is 5.